The molecule has 2 fully saturated rings. The highest BCUT2D eigenvalue weighted by Gasteiger charge is 2.32. The summed E-state index contributed by atoms with van der Waals surface area (Å²) in [5.41, 5.74) is 1.66. The molecule has 2 aliphatic heterocycles. The fraction of sp³-hybridized carbons (Fsp3) is 0.366. The minimum Gasteiger partial charge on any atom is -0.493 e. The smallest absolute Gasteiger partial charge is 0.328 e. The molecule has 2 N–H and O–H groups in total. The van der Waals surface area contributed by atoms with Crippen LogP contribution < -0.4 is 28.4 Å². The SMILES string of the molecule is COc1cc(/C=C/C=C/C(=O)N2CCN(C(=O)/C=C/C=C/c3cc(OC)c(OC)c(OC)c3)C(CN3CCOCC3)C2)cc(OC)c1OC.O=C(O)/C=C/C(=O)O. The molecule has 16 nitrogen and oxygen atoms in total. The molecule has 2 amide bonds. The first-order valence-electron chi connectivity index (χ1n) is 17.8. The summed E-state index contributed by atoms with van der Waals surface area (Å²) in [4.78, 5) is 51.7. The van der Waals surface area contributed by atoms with Gasteiger partial charge in [-0.2, -0.15) is 0 Å². The fourth-order valence-electron chi connectivity index (χ4n) is 5.93. The summed E-state index contributed by atoms with van der Waals surface area (Å²) in [7, 11) is 9.38. The number of hydrogen-bond acceptors (Lipinski definition) is 12. The van der Waals surface area contributed by atoms with Crippen molar-refractivity contribution in [3.05, 3.63) is 84.0 Å². The van der Waals surface area contributed by atoms with Gasteiger partial charge in [0.25, 0.3) is 0 Å². The maximum absolute atomic E-state index is 13.5. The van der Waals surface area contributed by atoms with Gasteiger partial charge in [-0.1, -0.05) is 36.5 Å². The number of methoxy groups -OCH3 is 6. The first-order valence-corrected chi connectivity index (χ1v) is 17.8. The molecule has 0 aliphatic carbocycles. The monoisotopic (exact) mass is 793 g/mol. The molecular formula is C41H51N3O13. The van der Waals surface area contributed by atoms with Crippen LogP contribution in [0.5, 0.6) is 34.5 Å². The number of nitrogens with zero attached hydrogens (tertiary/aromatic N) is 3. The maximum atomic E-state index is 13.5. The van der Waals surface area contributed by atoms with Crippen LogP contribution in [0.25, 0.3) is 12.2 Å². The zero-order chi connectivity index (χ0) is 41.7. The van der Waals surface area contributed by atoms with E-state index in [2.05, 4.69) is 4.90 Å². The summed E-state index contributed by atoms with van der Waals surface area (Å²) in [5, 5.41) is 15.6. The Morgan fingerprint density at radius 3 is 1.46 bits per heavy atom. The summed E-state index contributed by atoms with van der Waals surface area (Å²) in [6, 6.07) is 7.16. The summed E-state index contributed by atoms with van der Waals surface area (Å²) in [5.74, 6) is 0.475. The molecule has 0 bridgehead atoms. The predicted molar refractivity (Wildman–Crippen MR) is 212 cm³/mol. The topological polar surface area (TPSA) is 183 Å². The third kappa shape index (κ3) is 14.1. The number of aliphatic carboxylic acids is 2. The molecule has 2 heterocycles. The zero-order valence-electron chi connectivity index (χ0n) is 33.0. The van der Waals surface area contributed by atoms with E-state index in [1.165, 1.54) is 0 Å². The summed E-state index contributed by atoms with van der Waals surface area (Å²) >= 11 is 0. The lowest BCUT2D eigenvalue weighted by molar-refractivity contribution is -0.138. The number of carboxylic acids is 2. The molecule has 2 saturated heterocycles. The molecule has 2 aromatic rings. The molecule has 0 spiro atoms. The van der Waals surface area contributed by atoms with Gasteiger partial charge in [-0.05, 0) is 35.4 Å². The quantitative estimate of drug-likeness (QED) is 0.186. The Hall–Kier alpha value is -6.26. The third-order valence-electron chi connectivity index (χ3n) is 8.67. The van der Waals surface area contributed by atoms with Crippen LogP contribution in [0.3, 0.4) is 0 Å². The van der Waals surface area contributed by atoms with Crippen molar-refractivity contribution in [2.24, 2.45) is 0 Å². The number of hydrogen-bond donors (Lipinski definition) is 2. The van der Waals surface area contributed by atoms with E-state index in [1.807, 2.05) is 41.3 Å². The summed E-state index contributed by atoms with van der Waals surface area (Å²) in [6.45, 7) is 4.80. The van der Waals surface area contributed by atoms with E-state index in [4.69, 9.17) is 43.4 Å². The number of allylic oxidation sites excluding steroid dienone is 4. The normalized spacial score (nSPS) is 16.2. The molecule has 0 saturated carbocycles. The molecule has 0 aromatic heterocycles. The number of carboxylic acid groups (broad SMARTS) is 2. The van der Waals surface area contributed by atoms with Crippen LogP contribution in [0.2, 0.25) is 0 Å². The average molecular weight is 794 g/mol. The van der Waals surface area contributed by atoms with Gasteiger partial charge in [-0.3, -0.25) is 14.5 Å². The highest BCUT2D eigenvalue weighted by Crippen LogP contribution is 2.39. The Bertz CT molecular complexity index is 1760. The van der Waals surface area contributed by atoms with Gasteiger partial charge >= 0.3 is 11.9 Å². The van der Waals surface area contributed by atoms with E-state index >= 15 is 0 Å². The third-order valence-corrected chi connectivity index (χ3v) is 8.67. The second kappa shape index (κ2) is 23.6. The predicted octanol–water partition coefficient (Wildman–Crippen LogP) is 3.66. The Morgan fingerprint density at radius 1 is 0.614 bits per heavy atom. The van der Waals surface area contributed by atoms with Crippen molar-refractivity contribution in [3.63, 3.8) is 0 Å². The minimum absolute atomic E-state index is 0.108. The van der Waals surface area contributed by atoms with Crippen LogP contribution >= 0.6 is 0 Å². The molecule has 308 valence electrons. The first-order chi connectivity index (χ1) is 27.5. The number of benzene rings is 2. The lowest BCUT2D eigenvalue weighted by atomic mass is 10.1. The molecule has 16 heteroatoms. The van der Waals surface area contributed by atoms with E-state index in [-0.39, 0.29) is 17.9 Å². The maximum Gasteiger partial charge on any atom is 0.328 e. The Balaban J connectivity index is 0.000000980. The Morgan fingerprint density at radius 2 is 1.05 bits per heavy atom. The number of ether oxygens (including phenoxy) is 7. The number of rotatable bonds is 16. The Kier molecular flexibility index (Phi) is 18.7. The van der Waals surface area contributed by atoms with Crippen LogP contribution in [0.4, 0.5) is 0 Å². The van der Waals surface area contributed by atoms with Crippen LogP contribution in [0.1, 0.15) is 11.1 Å². The van der Waals surface area contributed by atoms with E-state index in [9.17, 15) is 19.2 Å². The Labute approximate surface area is 332 Å². The van der Waals surface area contributed by atoms with E-state index < -0.39 is 11.9 Å². The number of carbonyl (C=O) groups excluding carboxylic acids is 2. The molecule has 4 rings (SSSR count). The minimum atomic E-state index is -1.26. The van der Waals surface area contributed by atoms with Gasteiger partial charge in [0, 0.05) is 63.6 Å². The largest absolute Gasteiger partial charge is 0.493 e. The van der Waals surface area contributed by atoms with Crippen molar-refractivity contribution in [1.29, 1.82) is 0 Å². The van der Waals surface area contributed by atoms with Gasteiger partial charge in [0.15, 0.2) is 23.0 Å². The first kappa shape index (κ1) is 45.1. The number of morpholine rings is 1. The van der Waals surface area contributed by atoms with Crippen molar-refractivity contribution >= 4 is 35.9 Å². The van der Waals surface area contributed by atoms with Gasteiger partial charge in [0.05, 0.1) is 61.9 Å². The molecular weight excluding hydrogens is 742 g/mol. The van der Waals surface area contributed by atoms with Crippen LogP contribution in [0.15, 0.2) is 72.9 Å². The van der Waals surface area contributed by atoms with E-state index in [0.717, 1.165) is 24.2 Å². The summed E-state index contributed by atoms with van der Waals surface area (Å²) < 4.78 is 38.0. The molecule has 1 atom stereocenters. The van der Waals surface area contributed by atoms with Gasteiger partial charge in [-0.25, -0.2) is 9.59 Å². The highest BCUT2D eigenvalue weighted by molar-refractivity contribution is 5.90. The second-order valence-electron chi connectivity index (χ2n) is 12.2. The van der Waals surface area contributed by atoms with Crippen molar-refractivity contribution in [2.75, 3.05) is 95.1 Å². The zero-order valence-corrected chi connectivity index (χ0v) is 33.0. The van der Waals surface area contributed by atoms with Crippen molar-refractivity contribution in [2.45, 2.75) is 6.04 Å². The van der Waals surface area contributed by atoms with Crippen molar-refractivity contribution in [1.82, 2.24) is 14.7 Å². The number of piperazine rings is 1. The van der Waals surface area contributed by atoms with Gasteiger partial charge in [0.2, 0.25) is 23.3 Å². The second-order valence-corrected chi connectivity index (χ2v) is 12.2. The van der Waals surface area contributed by atoms with Crippen molar-refractivity contribution in [3.8, 4) is 34.5 Å². The fourth-order valence-corrected chi connectivity index (χ4v) is 5.93. The number of carbonyl (C=O) groups is 4. The molecule has 0 radical (unpaired) electrons. The van der Waals surface area contributed by atoms with E-state index in [0.29, 0.717) is 86.0 Å². The van der Waals surface area contributed by atoms with Crippen molar-refractivity contribution < 1.29 is 62.5 Å². The molecule has 2 aromatic carbocycles. The lowest BCUT2D eigenvalue weighted by Gasteiger charge is -2.43. The average Bonchev–Trinajstić information content (AvgIpc) is 3.22. The highest BCUT2D eigenvalue weighted by atomic mass is 16.5. The van der Waals surface area contributed by atoms with Crippen LogP contribution in [-0.4, -0.2) is 150 Å². The van der Waals surface area contributed by atoms with Gasteiger partial charge in [0.1, 0.15) is 0 Å². The molecule has 2 aliphatic rings. The molecule has 1 unspecified atom stereocenters. The summed E-state index contributed by atoms with van der Waals surface area (Å²) in [6.07, 6.45) is 15.0. The standard InChI is InChI=1S/C37H47N3O9.C4H4O4/c1-43-30-21-27(22-31(44-2)36(30)47-5)11-7-9-13-34(41)39-15-16-40(29(26-39)25-38-17-19-49-20-18-38)35(42)14-10-8-12-28-23-32(45-3)37(48-6)33(24-28)46-4;5-3(6)1-2-4(7)8/h7-14,21-24,29H,15-20,25-26H2,1-6H3;1-2H,(H,5,6)(H,7,8)/b11-7+,12-8+,13-9+,14-10+;2-1+. The lowest BCUT2D eigenvalue weighted by Crippen LogP contribution is -2.60. The van der Waals surface area contributed by atoms with Gasteiger partial charge < -0.3 is 53.2 Å². The molecule has 57 heavy (non-hydrogen) atoms. The number of amides is 2. The van der Waals surface area contributed by atoms with Crippen LogP contribution in [0, 0.1) is 0 Å². The van der Waals surface area contributed by atoms with E-state index in [1.54, 1.807) is 84.0 Å². The van der Waals surface area contributed by atoms with Crippen LogP contribution in [-0.2, 0) is 23.9 Å². The van der Waals surface area contributed by atoms with Gasteiger partial charge in [-0.15, -0.1) is 0 Å².